The van der Waals surface area contributed by atoms with Crippen LogP contribution in [-0.2, 0) is 18.4 Å². The van der Waals surface area contributed by atoms with E-state index in [1.54, 1.807) is 0 Å². The van der Waals surface area contributed by atoms with Gasteiger partial charge in [-0.25, -0.2) is 4.57 Å². The second-order valence-corrected chi connectivity index (χ2v) is 19.6. The molecule has 0 bridgehead atoms. The third kappa shape index (κ3) is 50.3. The van der Waals surface area contributed by atoms with Crippen molar-refractivity contribution in [2.75, 3.05) is 40.9 Å². The Morgan fingerprint density at radius 2 is 0.882 bits per heavy atom. The Bertz CT molecular complexity index is 1610. The molecule has 0 aromatic heterocycles. The second-order valence-electron chi connectivity index (χ2n) is 18.2. The van der Waals surface area contributed by atoms with E-state index >= 15 is 0 Å². The van der Waals surface area contributed by atoms with Gasteiger partial charge in [-0.15, -0.1) is 0 Å². The van der Waals surface area contributed by atoms with Crippen LogP contribution in [0.5, 0.6) is 0 Å². The molecule has 3 N–H and O–H groups in total. The average Bonchev–Trinajstić information content (AvgIpc) is 3.30. The molecule has 8 nitrogen and oxygen atoms in total. The minimum absolute atomic E-state index is 0.0604. The lowest BCUT2D eigenvalue weighted by atomic mass is 10.0. The van der Waals surface area contributed by atoms with Crippen LogP contribution in [-0.4, -0.2) is 73.4 Å². The maximum Gasteiger partial charge on any atom is 0.472 e. The van der Waals surface area contributed by atoms with Gasteiger partial charge in [0.1, 0.15) is 13.2 Å². The number of amides is 1. The molecular formula is C59H98N2O6P+. The summed E-state index contributed by atoms with van der Waals surface area (Å²) in [5.41, 5.74) is 0. The standard InChI is InChI=1S/C59H97N2O6P/c1-6-8-10-12-13-14-15-16-17-18-19-20-21-22-23-24-25-26-27-28-29-30-31-32-33-34-35-36-37-38-39-40-41-42-43-44-45-46-47-49-51-53-59(63)60-57(58(62)52-50-48-11-9-7-2)56-67-68(64,65)66-55-54-61(3,4)5/h8,10,13-14,16-17,19-20,22-23,25-26,28-29,31-32,34-35,37-38,40-41,43-44,57-58,62H,6-7,9,11-12,15,18,21,24,27,30,33,36,39,42,45-56H2,1-5H3,(H-,60,63,64,65)/p+1/b10-8-,14-13-,17-16-,20-19-,23-22-,26-25-,29-28-,32-31-,35-34-,38-37-,41-40-,44-43-. The maximum absolute atomic E-state index is 12.8. The monoisotopic (exact) mass is 962 g/mol. The molecule has 68 heavy (non-hydrogen) atoms. The zero-order valence-corrected chi connectivity index (χ0v) is 44.4. The second kappa shape index (κ2) is 48.4. The van der Waals surface area contributed by atoms with Crippen molar-refractivity contribution in [1.29, 1.82) is 0 Å². The SMILES string of the molecule is CC/C=C\C/C=C\C/C=C\C/C=C\C/C=C\C/C=C\C/C=C\C/C=C\C/C=C\C/C=C\C/C=C\C/C=C\CCCCCCC(=O)NC(COP(=O)(O)OCC[N+](C)(C)C)C(O)CCCCCCC. The zero-order chi connectivity index (χ0) is 49.9. The summed E-state index contributed by atoms with van der Waals surface area (Å²) in [5, 5.41) is 13.7. The number of rotatable bonds is 45. The van der Waals surface area contributed by atoms with E-state index in [0.29, 0.717) is 23.9 Å². The summed E-state index contributed by atoms with van der Waals surface area (Å²) in [4.78, 5) is 23.0. The van der Waals surface area contributed by atoms with Gasteiger partial charge in [-0.2, -0.15) is 0 Å². The number of carbonyl (C=O) groups excluding carboxylic acids is 1. The molecule has 384 valence electrons. The first-order valence-corrected chi connectivity index (χ1v) is 27.7. The highest BCUT2D eigenvalue weighted by Gasteiger charge is 2.28. The van der Waals surface area contributed by atoms with Crippen molar-refractivity contribution in [1.82, 2.24) is 5.32 Å². The summed E-state index contributed by atoms with van der Waals surface area (Å²) in [6.45, 7) is 4.62. The van der Waals surface area contributed by atoms with Gasteiger partial charge >= 0.3 is 7.82 Å². The molecule has 0 radical (unpaired) electrons. The van der Waals surface area contributed by atoms with Crippen molar-refractivity contribution in [2.45, 2.75) is 180 Å². The van der Waals surface area contributed by atoms with E-state index in [9.17, 15) is 19.4 Å². The minimum Gasteiger partial charge on any atom is -0.391 e. The summed E-state index contributed by atoms with van der Waals surface area (Å²) in [7, 11) is 1.57. The first-order valence-electron chi connectivity index (χ1n) is 26.2. The number of quaternary nitrogens is 1. The lowest BCUT2D eigenvalue weighted by Gasteiger charge is -2.26. The number of aliphatic hydroxyl groups excluding tert-OH is 1. The van der Waals surface area contributed by atoms with Crippen LogP contribution in [0, 0.1) is 0 Å². The molecule has 3 unspecified atom stereocenters. The van der Waals surface area contributed by atoms with E-state index in [-0.39, 0.29) is 19.1 Å². The van der Waals surface area contributed by atoms with E-state index in [1.165, 1.54) is 0 Å². The summed E-state index contributed by atoms with van der Waals surface area (Å²) in [5.74, 6) is -0.184. The van der Waals surface area contributed by atoms with Gasteiger partial charge in [0.2, 0.25) is 5.91 Å². The molecule has 0 saturated heterocycles. The largest absolute Gasteiger partial charge is 0.472 e. The maximum atomic E-state index is 12.8. The van der Waals surface area contributed by atoms with Crippen LogP contribution in [0.3, 0.4) is 0 Å². The summed E-state index contributed by atoms with van der Waals surface area (Å²) < 4.78 is 23.4. The number of carbonyl (C=O) groups is 1. The Kier molecular flexibility index (Phi) is 45.8. The number of phosphoric acid groups is 1. The van der Waals surface area contributed by atoms with Crippen LogP contribution in [0.2, 0.25) is 0 Å². The number of aliphatic hydroxyl groups is 1. The van der Waals surface area contributed by atoms with E-state index in [4.69, 9.17) is 9.05 Å². The Labute approximate surface area is 417 Å². The molecule has 0 aliphatic heterocycles. The van der Waals surface area contributed by atoms with Crippen molar-refractivity contribution in [3.63, 3.8) is 0 Å². The third-order valence-electron chi connectivity index (χ3n) is 10.6. The Morgan fingerprint density at radius 3 is 1.28 bits per heavy atom. The molecule has 0 aliphatic rings. The van der Waals surface area contributed by atoms with Gasteiger partial charge in [0, 0.05) is 6.42 Å². The number of hydrogen-bond acceptors (Lipinski definition) is 5. The Balaban J connectivity index is 4.03. The molecule has 0 aromatic carbocycles. The molecule has 0 aliphatic carbocycles. The van der Waals surface area contributed by atoms with Crippen molar-refractivity contribution in [3.8, 4) is 0 Å². The van der Waals surface area contributed by atoms with Gasteiger partial charge in [-0.1, -0.05) is 205 Å². The summed E-state index contributed by atoms with van der Waals surface area (Å²) >= 11 is 0. The third-order valence-corrected chi connectivity index (χ3v) is 11.6. The fourth-order valence-corrected chi connectivity index (χ4v) is 7.23. The smallest absolute Gasteiger partial charge is 0.391 e. The highest BCUT2D eigenvalue weighted by Crippen LogP contribution is 2.43. The Morgan fingerprint density at radius 1 is 0.515 bits per heavy atom. The quantitative estimate of drug-likeness (QED) is 0.0243. The predicted octanol–water partition coefficient (Wildman–Crippen LogP) is 15.7. The van der Waals surface area contributed by atoms with E-state index in [1.807, 2.05) is 21.1 Å². The zero-order valence-electron chi connectivity index (χ0n) is 43.5. The van der Waals surface area contributed by atoms with Crippen molar-refractivity contribution in [2.24, 2.45) is 0 Å². The first-order chi connectivity index (χ1) is 33.0. The van der Waals surface area contributed by atoms with Crippen LogP contribution in [0.25, 0.3) is 0 Å². The van der Waals surface area contributed by atoms with Crippen LogP contribution >= 0.6 is 7.82 Å². The number of phosphoric ester groups is 1. The molecule has 0 rings (SSSR count). The summed E-state index contributed by atoms with van der Waals surface area (Å²) in [6.07, 6.45) is 75.3. The molecule has 0 fully saturated rings. The fourth-order valence-electron chi connectivity index (χ4n) is 6.49. The lowest BCUT2D eigenvalue weighted by Crippen LogP contribution is -2.46. The number of allylic oxidation sites excluding steroid dienone is 24. The lowest BCUT2D eigenvalue weighted by molar-refractivity contribution is -0.870. The highest BCUT2D eigenvalue weighted by molar-refractivity contribution is 7.47. The number of nitrogens with one attached hydrogen (secondary N) is 1. The van der Waals surface area contributed by atoms with Gasteiger partial charge in [0.05, 0.1) is 39.9 Å². The van der Waals surface area contributed by atoms with Gasteiger partial charge in [0.15, 0.2) is 0 Å². The fraction of sp³-hybridized carbons (Fsp3) is 0.576. The summed E-state index contributed by atoms with van der Waals surface area (Å²) in [6, 6.07) is -0.781. The van der Waals surface area contributed by atoms with Gasteiger partial charge in [0.25, 0.3) is 0 Å². The Hall–Kier alpha value is -3.62. The number of unbranched alkanes of at least 4 members (excludes halogenated alkanes) is 8. The topological polar surface area (TPSA) is 105 Å². The number of hydrogen-bond donors (Lipinski definition) is 3. The average molecular weight is 962 g/mol. The predicted molar refractivity (Wildman–Crippen MR) is 294 cm³/mol. The minimum atomic E-state index is -4.32. The van der Waals surface area contributed by atoms with Crippen molar-refractivity contribution < 1.29 is 32.9 Å². The number of nitrogens with zero attached hydrogens (tertiary/aromatic N) is 1. The van der Waals surface area contributed by atoms with Gasteiger partial charge in [-0.3, -0.25) is 13.8 Å². The van der Waals surface area contributed by atoms with Crippen LogP contribution in [0.4, 0.5) is 0 Å². The van der Waals surface area contributed by atoms with E-state index in [2.05, 4.69) is 165 Å². The molecule has 9 heteroatoms. The van der Waals surface area contributed by atoms with Gasteiger partial charge < -0.3 is 19.8 Å². The molecular weight excluding hydrogens is 864 g/mol. The van der Waals surface area contributed by atoms with Crippen molar-refractivity contribution >= 4 is 13.7 Å². The van der Waals surface area contributed by atoms with Crippen LogP contribution in [0.15, 0.2) is 146 Å². The van der Waals surface area contributed by atoms with Crippen LogP contribution in [0.1, 0.15) is 168 Å². The van der Waals surface area contributed by atoms with Gasteiger partial charge in [-0.05, 0) is 103 Å². The molecule has 0 spiro atoms. The highest BCUT2D eigenvalue weighted by atomic mass is 31.2. The molecule has 1 amide bonds. The first kappa shape index (κ1) is 64.4. The van der Waals surface area contributed by atoms with Crippen molar-refractivity contribution in [3.05, 3.63) is 146 Å². The normalized spacial score (nSPS) is 15.2. The van der Waals surface area contributed by atoms with E-state index in [0.717, 1.165) is 141 Å². The molecule has 0 heterocycles. The molecule has 3 atom stereocenters. The molecule has 0 aromatic rings. The number of likely N-dealkylation sites (N-methyl/N-ethyl adjacent to an activating group) is 1. The van der Waals surface area contributed by atoms with Crippen LogP contribution < -0.4 is 5.32 Å². The molecule has 0 saturated carbocycles. The van der Waals surface area contributed by atoms with E-state index < -0.39 is 20.0 Å².